The van der Waals surface area contributed by atoms with E-state index >= 15 is 0 Å². The van der Waals surface area contributed by atoms with Gasteiger partial charge >= 0.3 is 0 Å². The van der Waals surface area contributed by atoms with Crippen LogP contribution in [-0.2, 0) is 19.9 Å². The van der Waals surface area contributed by atoms with Crippen molar-refractivity contribution in [2.75, 3.05) is 11.5 Å². The number of para-hydroxylation sites is 1. The van der Waals surface area contributed by atoms with Crippen molar-refractivity contribution in [3.63, 3.8) is 0 Å². The van der Waals surface area contributed by atoms with Gasteiger partial charge in [0.15, 0.2) is 9.84 Å². The number of nitrogen functional groups attached to an aromatic ring is 1. The number of sulfone groups is 1. The van der Waals surface area contributed by atoms with Crippen molar-refractivity contribution in [3.8, 4) is 0 Å². The number of nitrogens with two attached hydrogens (primary N) is 1. The van der Waals surface area contributed by atoms with Gasteiger partial charge in [-0.05, 0) is 12.1 Å². The van der Waals surface area contributed by atoms with Crippen LogP contribution >= 0.6 is 0 Å². The fourth-order valence-electron chi connectivity index (χ4n) is 1.64. The molecule has 1 aromatic rings. The van der Waals surface area contributed by atoms with Gasteiger partial charge in [0, 0.05) is 5.41 Å². The van der Waals surface area contributed by atoms with E-state index in [-0.39, 0.29) is 16.3 Å². The van der Waals surface area contributed by atoms with Crippen LogP contribution in [0.1, 0.15) is 0 Å². The maximum absolute atomic E-state index is 12.0. The van der Waals surface area contributed by atoms with E-state index in [4.69, 9.17) is 5.73 Å². The van der Waals surface area contributed by atoms with Gasteiger partial charge in [0.05, 0.1) is 17.5 Å². The molecule has 0 spiro atoms. The van der Waals surface area contributed by atoms with E-state index in [0.29, 0.717) is 0 Å². The van der Waals surface area contributed by atoms with Crippen LogP contribution in [0, 0.1) is 0 Å². The first-order valence-electron chi connectivity index (χ1n) is 5.08. The van der Waals surface area contributed by atoms with Crippen LogP contribution < -0.4 is 10.5 Å². The number of rotatable bonds is 3. The molecule has 1 aliphatic rings. The predicted octanol–water partition coefficient (Wildman–Crippen LogP) is -0.142. The largest absolute Gasteiger partial charge is 0.398 e. The Morgan fingerprint density at radius 3 is 2.50 bits per heavy atom. The minimum absolute atomic E-state index is 0.0531. The van der Waals surface area contributed by atoms with E-state index in [1.54, 1.807) is 12.1 Å². The van der Waals surface area contributed by atoms with Crippen LogP contribution in [0.3, 0.4) is 0 Å². The summed E-state index contributed by atoms with van der Waals surface area (Å²) in [5.41, 5.74) is 5.70. The highest BCUT2D eigenvalue weighted by Gasteiger charge is 2.27. The summed E-state index contributed by atoms with van der Waals surface area (Å²) in [7, 11) is -7.11. The maximum Gasteiger partial charge on any atom is 0.243 e. The molecule has 8 heteroatoms. The Morgan fingerprint density at radius 2 is 1.94 bits per heavy atom. The number of sulfonamides is 1. The molecule has 1 unspecified atom stereocenters. The van der Waals surface area contributed by atoms with E-state index in [1.165, 1.54) is 18.2 Å². The van der Waals surface area contributed by atoms with Crippen LogP contribution in [0.4, 0.5) is 5.69 Å². The average molecular weight is 288 g/mol. The van der Waals surface area contributed by atoms with Gasteiger partial charge in [0.1, 0.15) is 4.90 Å². The second-order valence-corrected chi connectivity index (χ2v) is 7.54. The van der Waals surface area contributed by atoms with Gasteiger partial charge in [-0.1, -0.05) is 18.2 Å². The molecular weight excluding hydrogens is 276 g/mol. The quantitative estimate of drug-likeness (QED) is 0.753. The second-order valence-electron chi connectivity index (χ2n) is 3.92. The first kappa shape index (κ1) is 13.1. The SMILES string of the molecule is Nc1ccccc1S(=O)(=O)NC1C=CS(=O)(=O)C1. The highest BCUT2D eigenvalue weighted by molar-refractivity contribution is 7.94. The van der Waals surface area contributed by atoms with Gasteiger partial charge in [0.2, 0.25) is 10.0 Å². The molecule has 0 amide bonds. The molecule has 0 aromatic heterocycles. The zero-order valence-corrected chi connectivity index (χ0v) is 10.9. The third kappa shape index (κ3) is 2.71. The lowest BCUT2D eigenvalue weighted by Gasteiger charge is -2.12. The minimum Gasteiger partial charge on any atom is -0.398 e. The zero-order valence-electron chi connectivity index (χ0n) is 9.28. The van der Waals surface area contributed by atoms with Crippen LogP contribution in [0.2, 0.25) is 0 Å². The summed E-state index contributed by atoms with van der Waals surface area (Å²) in [6.45, 7) is 0. The summed E-state index contributed by atoms with van der Waals surface area (Å²) in [4.78, 5) is -0.0531. The Balaban J connectivity index is 2.25. The summed E-state index contributed by atoms with van der Waals surface area (Å²) < 4.78 is 48.7. The van der Waals surface area contributed by atoms with Crippen LogP contribution in [0.5, 0.6) is 0 Å². The molecule has 1 heterocycles. The molecule has 1 atom stereocenters. The van der Waals surface area contributed by atoms with Crippen molar-refractivity contribution in [2.45, 2.75) is 10.9 Å². The minimum atomic E-state index is -3.82. The number of benzene rings is 1. The Kier molecular flexibility index (Phi) is 3.18. The van der Waals surface area contributed by atoms with Crippen molar-refractivity contribution in [3.05, 3.63) is 35.7 Å². The zero-order chi connectivity index (χ0) is 13.4. The fourth-order valence-corrected chi connectivity index (χ4v) is 4.30. The molecular formula is C10H12N2O4S2. The van der Waals surface area contributed by atoms with Gasteiger partial charge in [0.25, 0.3) is 0 Å². The highest BCUT2D eigenvalue weighted by atomic mass is 32.2. The van der Waals surface area contributed by atoms with Crippen molar-refractivity contribution in [1.29, 1.82) is 0 Å². The van der Waals surface area contributed by atoms with E-state index in [9.17, 15) is 16.8 Å². The van der Waals surface area contributed by atoms with E-state index in [2.05, 4.69) is 4.72 Å². The topological polar surface area (TPSA) is 106 Å². The van der Waals surface area contributed by atoms with Gasteiger partial charge in [-0.25, -0.2) is 21.6 Å². The molecule has 0 bridgehead atoms. The molecule has 1 aromatic carbocycles. The highest BCUT2D eigenvalue weighted by Crippen LogP contribution is 2.18. The van der Waals surface area contributed by atoms with E-state index < -0.39 is 25.9 Å². The van der Waals surface area contributed by atoms with Crippen LogP contribution in [0.25, 0.3) is 0 Å². The van der Waals surface area contributed by atoms with Gasteiger partial charge < -0.3 is 5.73 Å². The lowest BCUT2D eigenvalue weighted by atomic mass is 10.3. The lowest BCUT2D eigenvalue weighted by molar-refractivity contribution is 0.575. The monoisotopic (exact) mass is 288 g/mol. The number of anilines is 1. The van der Waals surface area contributed by atoms with E-state index in [0.717, 1.165) is 5.41 Å². The van der Waals surface area contributed by atoms with Gasteiger partial charge in [-0.2, -0.15) is 0 Å². The molecule has 0 aliphatic carbocycles. The van der Waals surface area contributed by atoms with Crippen LogP contribution in [0.15, 0.2) is 40.6 Å². The first-order valence-corrected chi connectivity index (χ1v) is 8.28. The standard InChI is InChI=1S/C10H12N2O4S2/c11-9-3-1-2-4-10(9)18(15,16)12-8-5-6-17(13,14)7-8/h1-6,8,12H,7,11H2. The Labute approximate surface area is 105 Å². The predicted molar refractivity (Wildman–Crippen MR) is 67.9 cm³/mol. The number of nitrogens with one attached hydrogen (secondary N) is 1. The number of hydrogen-bond acceptors (Lipinski definition) is 5. The molecule has 0 radical (unpaired) electrons. The molecule has 6 nitrogen and oxygen atoms in total. The Morgan fingerprint density at radius 1 is 1.28 bits per heavy atom. The third-order valence-corrected chi connectivity index (χ3v) is 5.40. The molecule has 1 aliphatic heterocycles. The summed E-state index contributed by atoms with van der Waals surface area (Å²) in [6, 6.07) is 5.25. The molecule has 3 N–H and O–H groups in total. The Bertz CT molecular complexity index is 692. The van der Waals surface area contributed by atoms with Crippen molar-refractivity contribution in [1.82, 2.24) is 4.72 Å². The maximum atomic E-state index is 12.0. The first-order chi connectivity index (χ1) is 8.30. The van der Waals surface area contributed by atoms with Crippen LogP contribution in [-0.4, -0.2) is 28.6 Å². The van der Waals surface area contributed by atoms with Gasteiger partial charge in [-0.15, -0.1) is 0 Å². The molecule has 2 rings (SSSR count). The molecule has 18 heavy (non-hydrogen) atoms. The van der Waals surface area contributed by atoms with Crippen molar-refractivity contribution in [2.24, 2.45) is 0 Å². The lowest BCUT2D eigenvalue weighted by Crippen LogP contribution is -2.35. The molecule has 0 fully saturated rings. The Hall–Kier alpha value is -1.38. The summed E-state index contributed by atoms with van der Waals surface area (Å²) in [5, 5.41) is 1.01. The summed E-state index contributed by atoms with van der Waals surface area (Å²) >= 11 is 0. The molecule has 0 saturated heterocycles. The third-order valence-electron chi connectivity index (χ3n) is 2.45. The van der Waals surface area contributed by atoms with E-state index in [1.807, 2.05) is 0 Å². The molecule has 98 valence electrons. The summed E-state index contributed by atoms with van der Waals surface area (Å²) in [6.07, 6.45) is 1.31. The number of hydrogen-bond donors (Lipinski definition) is 2. The molecule has 0 saturated carbocycles. The normalized spacial score (nSPS) is 22.1. The summed E-state index contributed by atoms with van der Waals surface area (Å²) in [5.74, 6) is -0.265. The van der Waals surface area contributed by atoms with Gasteiger partial charge in [-0.3, -0.25) is 0 Å². The smallest absolute Gasteiger partial charge is 0.243 e. The second kappa shape index (κ2) is 4.38. The van der Waals surface area contributed by atoms with Crippen molar-refractivity contribution >= 4 is 25.5 Å². The fraction of sp³-hybridized carbons (Fsp3) is 0.200. The van der Waals surface area contributed by atoms with Crippen molar-refractivity contribution < 1.29 is 16.8 Å². The average Bonchev–Trinajstić information content (AvgIpc) is 2.57.